The molecule has 0 bridgehead atoms. The Labute approximate surface area is 395 Å². The Hall–Kier alpha value is -2.41. The summed E-state index contributed by atoms with van der Waals surface area (Å²) in [5, 5.41) is 30.7. The normalized spacial score (nSPS) is 15.4. The number of phosphoric acid groups is 1. The second kappa shape index (κ2) is 42.9. The Kier molecular flexibility index (Phi) is 41.3. The van der Waals surface area contributed by atoms with E-state index in [1.807, 2.05) is 21.1 Å². The molecular weight excluding hydrogens is 846 g/mol. The van der Waals surface area contributed by atoms with Crippen molar-refractivity contribution in [3.05, 3.63) is 60.8 Å². The molecule has 4 N–H and O–H groups in total. The molecule has 0 aliphatic rings. The summed E-state index contributed by atoms with van der Waals surface area (Å²) in [6.45, 7) is 3.92. The van der Waals surface area contributed by atoms with Crippen molar-refractivity contribution in [3.63, 3.8) is 0 Å². The average Bonchev–Trinajstić information content (AvgIpc) is 3.25. The fourth-order valence-electron chi connectivity index (χ4n) is 6.75. The molecule has 0 heterocycles. The first-order valence-corrected chi connectivity index (χ1v) is 26.8. The molecule has 0 amide bonds. The number of phosphoric ester groups is 1. The number of allylic oxidation sites excluding steroid dienone is 8. The lowest BCUT2D eigenvalue weighted by Gasteiger charge is -2.24. The first kappa shape index (κ1) is 62.6. The number of aliphatic hydroxyl groups excluding tert-OH is 3. The summed E-state index contributed by atoms with van der Waals surface area (Å²) < 4.78 is 34.1. The summed E-state index contributed by atoms with van der Waals surface area (Å²) in [5.41, 5.74) is 0. The van der Waals surface area contributed by atoms with Crippen molar-refractivity contribution >= 4 is 19.8 Å². The van der Waals surface area contributed by atoms with Crippen molar-refractivity contribution in [1.82, 2.24) is 0 Å². The molecule has 0 rings (SSSR count). The van der Waals surface area contributed by atoms with E-state index in [2.05, 4.69) is 26.0 Å². The maximum absolute atomic E-state index is 12.8. The van der Waals surface area contributed by atoms with E-state index in [1.54, 1.807) is 42.5 Å². The molecule has 0 radical (unpaired) electrons. The molecule has 0 aromatic rings. The minimum Gasteiger partial charge on any atom is -0.462 e. The molecule has 1 unspecified atom stereocenters. The Morgan fingerprint density at radius 1 is 0.569 bits per heavy atom. The van der Waals surface area contributed by atoms with E-state index >= 15 is 0 Å². The van der Waals surface area contributed by atoms with Gasteiger partial charge in [-0.15, -0.1) is 0 Å². The van der Waals surface area contributed by atoms with Gasteiger partial charge in [0.1, 0.15) is 19.8 Å². The molecule has 12 nitrogen and oxygen atoms in total. The van der Waals surface area contributed by atoms with Crippen LogP contribution in [0, 0.1) is 0 Å². The maximum Gasteiger partial charge on any atom is 0.472 e. The predicted molar refractivity (Wildman–Crippen MR) is 265 cm³/mol. The van der Waals surface area contributed by atoms with Crippen LogP contribution >= 0.6 is 7.82 Å². The molecule has 0 saturated heterocycles. The Balaban J connectivity index is 4.54. The van der Waals surface area contributed by atoms with Crippen LogP contribution in [0.25, 0.3) is 0 Å². The van der Waals surface area contributed by atoms with Gasteiger partial charge in [0.05, 0.1) is 46.1 Å². The van der Waals surface area contributed by atoms with E-state index in [0.717, 1.165) is 44.9 Å². The Morgan fingerprint density at radius 2 is 1.06 bits per heavy atom. The van der Waals surface area contributed by atoms with Crippen LogP contribution in [-0.4, -0.2) is 109 Å². The molecule has 65 heavy (non-hydrogen) atoms. The second-order valence-corrected chi connectivity index (χ2v) is 19.9. The van der Waals surface area contributed by atoms with Gasteiger partial charge in [0.25, 0.3) is 0 Å². The number of unbranched alkanes of at least 4 members (excludes halogenated alkanes) is 19. The molecule has 0 spiro atoms. The topological polar surface area (TPSA) is 169 Å². The third kappa shape index (κ3) is 45.2. The highest BCUT2D eigenvalue weighted by molar-refractivity contribution is 7.47. The van der Waals surface area contributed by atoms with Gasteiger partial charge in [-0.1, -0.05) is 184 Å². The number of carbonyl (C=O) groups is 2. The number of aliphatic hydroxyl groups is 3. The van der Waals surface area contributed by atoms with E-state index < -0.39 is 50.8 Å². The molecule has 13 heteroatoms. The first-order valence-electron chi connectivity index (χ1n) is 25.3. The van der Waals surface area contributed by atoms with Crippen LogP contribution in [0.5, 0.6) is 0 Å². The number of ether oxygens (including phenoxy) is 2. The summed E-state index contributed by atoms with van der Waals surface area (Å²) in [7, 11) is 1.26. The van der Waals surface area contributed by atoms with Gasteiger partial charge in [0.2, 0.25) is 0 Å². The predicted octanol–water partition coefficient (Wildman–Crippen LogP) is 11.7. The molecule has 0 aliphatic carbocycles. The number of hydrogen-bond acceptors (Lipinski definition) is 10. The average molecular weight is 941 g/mol. The number of carbonyl (C=O) groups excluding carboxylic acids is 2. The smallest absolute Gasteiger partial charge is 0.462 e. The maximum atomic E-state index is 12.8. The molecule has 0 aromatic heterocycles. The van der Waals surface area contributed by atoms with Crippen molar-refractivity contribution in [2.45, 2.75) is 212 Å². The minimum absolute atomic E-state index is 0.0340. The molecule has 0 aliphatic heterocycles. The summed E-state index contributed by atoms with van der Waals surface area (Å²) in [4.78, 5) is 35.6. The van der Waals surface area contributed by atoms with Crippen molar-refractivity contribution in [1.29, 1.82) is 0 Å². The number of quaternary nitrogens is 1. The fourth-order valence-corrected chi connectivity index (χ4v) is 7.49. The second-order valence-electron chi connectivity index (χ2n) is 18.4. The van der Waals surface area contributed by atoms with Gasteiger partial charge in [-0.25, -0.2) is 4.57 Å². The fraction of sp³-hybridized carbons (Fsp3) is 0.769. The molecule has 5 atom stereocenters. The van der Waals surface area contributed by atoms with Gasteiger partial charge in [-0.2, -0.15) is 0 Å². The number of esters is 2. The standard InChI is InChI=1S/C52H94NO11P/c1-6-8-10-11-12-13-14-15-16-17-18-19-20-21-22-23-24-25-26-31-35-41-51(57)61-45-48(46-63-65(59,60)62-44-43-53(3,4)5)64-52(58)42-36-40-50(56)49(55)39-34-30-28-27-29-33-38-47(54)37-32-9-7-2/h15-16,27-30,33-34,38-39,47-50,54-56H,6-14,17-26,31-32,35-37,40-46H2,1-5H3/p+1/b16-15-,29-27-,30-28+,38-33+,39-34+/t47-,48+,49-,50-/m0/s1. The summed E-state index contributed by atoms with van der Waals surface area (Å²) >= 11 is 0. The molecule has 0 saturated carbocycles. The highest BCUT2D eigenvalue weighted by Gasteiger charge is 2.27. The van der Waals surface area contributed by atoms with Gasteiger partial charge in [-0.05, 0) is 51.4 Å². The van der Waals surface area contributed by atoms with Gasteiger partial charge < -0.3 is 34.2 Å². The molecule has 0 aromatic carbocycles. The van der Waals surface area contributed by atoms with Crippen molar-refractivity contribution in [3.8, 4) is 0 Å². The third-order valence-electron chi connectivity index (χ3n) is 10.9. The highest BCUT2D eigenvalue weighted by Crippen LogP contribution is 2.43. The van der Waals surface area contributed by atoms with Crippen LogP contribution in [0.2, 0.25) is 0 Å². The lowest BCUT2D eigenvalue weighted by atomic mass is 10.0. The van der Waals surface area contributed by atoms with E-state index in [-0.39, 0.29) is 38.9 Å². The van der Waals surface area contributed by atoms with Crippen LogP contribution in [0.3, 0.4) is 0 Å². The van der Waals surface area contributed by atoms with Gasteiger partial charge >= 0.3 is 19.8 Å². The van der Waals surface area contributed by atoms with E-state index in [4.69, 9.17) is 18.5 Å². The minimum atomic E-state index is -4.48. The van der Waals surface area contributed by atoms with Gasteiger partial charge in [0, 0.05) is 12.8 Å². The molecule has 0 fully saturated rings. The lowest BCUT2D eigenvalue weighted by molar-refractivity contribution is -0.870. The number of rotatable bonds is 45. The van der Waals surface area contributed by atoms with E-state index in [1.165, 1.54) is 102 Å². The zero-order chi connectivity index (χ0) is 48.3. The monoisotopic (exact) mass is 941 g/mol. The highest BCUT2D eigenvalue weighted by atomic mass is 31.2. The van der Waals surface area contributed by atoms with Crippen LogP contribution in [0.1, 0.15) is 187 Å². The zero-order valence-electron chi connectivity index (χ0n) is 41.5. The SMILES string of the molecule is CCCCCCCC/C=C\CCCCCCCCCCCCCC(=O)OC[C@H](COP(=O)(O)OCC[N+](C)(C)C)OC(=O)CCC[C@H](O)[C@@H](O)/C=C/C=C/C=C\C=C\[C@@H](O)CCCCC. The number of hydrogen-bond donors (Lipinski definition) is 4. The van der Waals surface area contributed by atoms with Crippen LogP contribution in [-0.2, 0) is 32.7 Å². The molecular formula is C52H95NO11P+. The van der Waals surface area contributed by atoms with E-state index in [9.17, 15) is 34.4 Å². The van der Waals surface area contributed by atoms with E-state index in [0.29, 0.717) is 17.4 Å². The molecule has 378 valence electrons. The van der Waals surface area contributed by atoms with Crippen LogP contribution in [0.15, 0.2) is 60.8 Å². The quantitative estimate of drug-likeness (QED) is 0.0114. The van der Waals surface area contributed by atoms with Crippen LogP contribution in [0.4, 0.5) is 0 Å². The first-order chi connectivity index (χ1) is 31.2. The summed E-state index contributed by atoms with van der Waals surface area (Å²) in [6, 6.07) is 0. The summed E-state index contributed by atoms with van der Waals surface area (Å²) in [5.74, 6) is -1.13. The Bertz CT molecular complexity index is 1340. The van der Waals surface area contributed by atoms with Crippen molar-refractivity contribution < 1.29 is 57.4 Å². The summed E-state index contributed by atoms with van der Waals surface area (Å²) in [6.07, 6.45) is 42.1. The largest absolute Gasteiger partial charge is 0.472 e. The van der Waals surface area contributed by atoms with Crippen molar-refractivity contribution in [2.75, 3.05) is 47.5 Å². The van der Waals surface area contributed by atoms with Gasteiger partial charge in [0.15, 0.2) is 6.10 Å². The Morgan fingerprint density at radius 3 is 1.63 bits per heavy atom. The van der Waals surface area contributed by atoms with Crippen molar-refractivity contribution in [2.24, 2.45) is 0 Å². The third-order valence-corrected chi connectivity index (χ3v) is 11.9. The number of likely N-dealkylation sites (N-methyl/N-ethyl adjacent to an activating group) is 1. The van der Waals surface area contributed by atoms with Crippen LogP contribution < -0.4 is 0 Å². The lowest BCUT2D eigenvalue weighted by Crippen LogP contribution is -2.37. The zero-order valence-corrected chi connectivity index (χ0v) is 42.4. The number of nitrogens with zero attached hydrogens (tertiary/aromatic N) is 1. The van der Waals surface area contributed by atoms with Gasteiger partial charge in [-0.3, -0.25) is 18.6 Å².